The minimum absolute atomic E-state index is 0. The van der Waals surface area contributed by atoms with Crippen molar-refractivity contribution in [2.45, 2.75) is 6.54 Å². The second-order valence-corrected chi connectivity index (χ2v) is 2.63. The molecule has 0 N–H and O–H groups in total. The summed E-state index contributed by atoms with van der Waals surface area (Å²) < 4.78 is 0. The van der Waals surface area contributed by atoms with E-state index in [1.165, 1.54) is 5.56 Å². The molecule has 0 fully saturated rings. The van der Waals surface area contributed by atoms with Gasteiger partial charge in [0.2, 0.25) is 0 Å². The summed E-state index contributed by atoms with van der Waals surface area (Å²) in [5.74, 6) is 0. The molecular weight excluding hydrogens is 264 g/mol. The largest absolute Gasteiger partial charge is 2.00 e. The van der Waals surface area contributed by atoms with E-state index in [1.54, 1.807) is 0 Å². The Morgan fingerprint density at radius 1 is 1.33 bits per heavy atom. The van der Waals surface area contributed by atoms with Crippen LogP contribution in [0.15, 0.2) is 24.3 Å². The van der Waals surface area contributed by atoms with E-state index in [1.807, 2.05) is 18.2 Å². The average Bonchev–Trinajstić information content (AvgIpc) is 1.88. The van der Waals surface area contributed by atoms with Gasteiger partial charge in [-0.05, 0) is 14.1 Å². The summed E-state index contributed by atoms with van der Waals surface area (Å²) in [5, 5.41) is 0. The molecule has 70 valence electrons. The van der Waals surface area contributed by atoms with Crippen molar-refractivity contribution in [3.63, 3.8) is 0 Å². The normalized spacial score (nSPS) is 8.58. The molecule has 0 atom stereocenters. The second-order valence-electron chi connectivity index (χ2n) is 2.63. The Morgan fingerprint density at radius 2 is 2.00 bits per heavy atom. The fourth-order valence-electron chi connectivity index (χ4n) is 0.870. The summed E-state index contributed by atoms with van der Waals surface area (Å²) in [6.45, 7) is 0.973. The fraction of sp³-hybridized carbons (Fsp3) is 0.333. The monoisotopic (exact) mass is 275 g/mol. The van der Waals surface area contributed by atoms with Gasteiger partial charge in [0.1, 0.15) is 0 Å². The zero-order valence-electron chi connectivity index (χ0n) is 7.16. The van der Waals surface area contributed by atoms with Crippen LogP contribution in [-0.2, 0) is 27.0 Å². The van der Waals surface area contributed by atoms with E-state index in [0.29, 0.717) is 0 Å². The van der Waals surface area contributed by atoms with Gasteiger partial charge in [0.05, 0.1) is 0 Å². The van der Waals surface area contributed by atoms with Gasteiger partial charge in [0, 0.05) is 6.54 Å². The molecular formula is C9H12ClNPd. The molecule has 0 aliphatic rings. The van der Waals surface area contributed by atoms with Gasteiger partial charge in [-0.3, -0.25) is 0 Å². The quantitative estimate of drug-likeness (QED) is 0.472. The van der Waals surface area contributed by atoms with Gasteiger partial charge in [0.15, 0.2) is 0 Å². The van der Waals surface area contributed by atoms with Gasteiger partial charge in [-0.25, -0.2) is 0 Å². The van der Waals surface area contributed by atoms with E-state index in [9.17, 15) is 0 Å². The molecule has 0 heterocycles. The summed E-state index contributed by atoms with van der Waals surface area (Å²) in [5.41, 5.74) is 1.24. The predicted octanol–water partition coefficient (Wildman–Crippen LogP) is -1.45. The first-order valence-electron chi connectivity index (χ1n) is 3.39. The van der Waals surface area contributed by atoms with Gasteiger partial charge >= 0.3 is 20.4 Å². The number of hydrogen-bond donors (Lipinski definition) is 0. The minimum Gasteiger partial charge on any atom is -1.00 e. The molecule has 12 heavy (non-hydrogen) atoms. The van der Waals surface area contributed by atoms with E-state index in [-0.39, 0.29) is 32.8 Å². The third-order valence-corrected chi connectivity index (χ3v) is 1.26. The number of hydrogen-bond acceptors (Lipinski definition) is 1. The van der Waals surface area contributed by atoms with Crippen molar-refractivity contribution in [1.82, 2.24) is 4.90 Å². The van der Waals surface area contributed by atoms with Gasteiger partial charge in [-0.15, -0.1) is 5.56 Å². The number of halogens is 1. The summed E-state index contributed by atoms with van der Waals surface area (Å²) in [6, 6.07) is 11.2. The van der Waals surface area contributed by atoms with Crippen molar-refractivity contribution in [2.24, 2.45) is 0 Å². The van der Waals surface area contributed by atoms with Crippen LogP contribution in [0.2, 0.25) is 0 Å². The molecule has 3 heteroatoms. The van der Waals surface area contributed by atoms with Gasteiger partial charge < -0.3 is 17.3 Å². The molecule has 0 aliphatic carbocycles. The van der Waals surface area contributed by atoms with Crippen molar-refractivity contribution in [3.8, 4) is 0 Å². The van der Waals surface area contributed by atoms with E-state index in [2.05, 4.69) is 31.1 Å². The third-order valence-electron chi connectivity index (χ3n) is 1.26. The number of nitrogens with zero attached hydrogens (tertiary/aromatic N) is 1. The van der Waals surface area contributed by atoms with E-state index >= 15 is 0 Å². The van der Waals surface area contributed by atoms with Crippen molar-refractivity contribution >= 4 is 0 Å². The van der Waals surface area contributed by atoms with Gasteiger partial charge in [-0.2, -0.15) is 30.3 Å². The van der Waals surface area contributed by atoms with Crippen LogP contribution in [0, 0.1) is 6.07 Å². The Labute approximate surface area is 94.2 Å². The Hall–Kier alpha value is 0.132. The van der Waals surface area contributed by atoms with Gasteiger partial charge in [0.25, 0.3) is 0 Å². The third kappa shape index (κ3) is 5.74. The zero-order chi connectivity index (χ0) is 7.40. The molecule has 0 saturated heterocycles. The smallest absolute Gasteiger partial charge is 1.00 e. The van der Waals surface area contributed by atoms with Crippen LogP contribution in [0.4, 0.5) is 0 Å². The summed E-state index contributed by atoms with van der Waals surface area (Å²) in [4.78, 5) is 2.13. The Balaban J connectivity index is 0. The van der Waals surface area contributed by atoms with E-state index < -0.39 is 0 Å². The molecule has 1 rings (SSSR count). The standard InChI is InChI=1S/C9H12N.ClH.Pd/c1-10(2)8-9-6-4-3-5-7-9;;/h3-6H,8H2,1-2H3;1H;/q-1;;+2/p-1. The van der Waals surface area contributed by atoms with Crippen LogP contribution in [0.3, 0.4) is 0 Å². The van der Waals surface area contributed by atoms with E-state index in [4.69, 9.17) is 0 Å². The van der Waals surface area contributed by atoms with Crippen LogP contribution < -0.4 is 12.4 Å². The van der Waals surface area contributed by atoms with Crippen molar-refractivity contribution in [2.75, 3.05) is 14.1 Å². The van der Waals surface area contributed by atoms with Crippen molar-refractivity contribution < 1.29 is 32.8 Å². The first-order chi connectivity index (χ1) is 4.79. The predicted molar refractivity (Wildman–Crippen MR) is 42.7 cm³/mol. The Morgan fingerprint density at radius 3 is 2.42 bits per heavy atom. The average molecular weight is 276 g/mol. The molecule has 1 nitrogen and oxygen atoms in total. The van der Waals surface area contributed by atoms with Crippen LogP contribution in [0.25, 0.3) is 0 Å². The molecule has 0 bridgehead atoms. The summed E-state index contributed by atoms with van der Waals surface area (Å²) in [7, 11) is 4.11. The molecule has 0 radical (unpaired) electrons. The summed E-state index contributed by atoms with van der Waals surface area (Å²) >= 11 is 0. The van der Waals surface area contributed by atoms with Gasteiger partial charge in [-0.1, -0.05) is 0 Å². The van der Waals surface area contributed by atoms with Crippen LogP contribution >= 0.6 is 0 Å². The van der Waals surface area contributed by atoms with Crippen molar-refractivity contribution in [3.05, 3.63) is 35.9 Å². The molecule has 0 unspecified atom stereocenters. The zero-order valence-corrected chi connectivity index (χ0v) is 9.47. The minimum atomic E-state index is 0. The second kappa shape index (κ2) is 7.76. The molecule has 0 spiro atoms. The van der Waals surface area contributed by atoms with Crippen LogP contribution in [-0.4, -0.2) is 19.0 Å². The molecule has 1 aromatic rings. The summed E-state index contributed by atoms with van der Waals surface area (Å²) in [6.07, 6.45) is 0. The first-order valence-corrected chi connectivity index (χ1v) is 3.39. The van der Waals surface area contributed by atoms with Crippen molar-refractivity contribution in [1.29, 1.82) is 0 Å². The first kappa shape index (κ1) is 14.6. The van der Waals surface area contributed by atoms with E-state index in [0.717, 1.165) is 6.54 Å². The molecule has 1 aromatic carbocycles. The van der Waals surface area contributed by atoms with Crippen LogP contribution in [0.5, 0.6) is 0 Å². The topological polar surface area (TPSA) is 3.24 Å². The molecule has 0 aliphatic heterocycles. The fourth-order valence-corrected chi connectivity index (χ4v) is 0.870. The molecule has 0 aromatic heterocycles. The molecule has 0 saturated carbocycles. The number of benzene rings is 1. The maximum absolute atomic E-state index is 3.16. The number of rotatable bonds is 2. The SMILES string of the molecule is CN(C)Cc1[c-]cccc1.[Cl-].[Pd+2]. The Bertz CT molecular complexity index is 189. The maximum Gasteiger partial charge on any atom is 2.00 e. The molecule has 0 amide bonds. The Kier molecular flexibility index (Phi) is 9.48. The maximum atomic E-state index is 3.16. The van der Waals surface area contributed by atoms with Crippen LogP contribution in [0.1, 0.15) is 5.56 Å².